The third kappa shape index (κ3) is 2.65. The van der Waals surface area contributed by atoms with E-state index in [2.05, 4.69) is 0 Å². The number of phenolic OH excluding ortho intramolecular Hbond substituents is 1. The molecular formula is C15H14ClNO3. The molecule has 0 spiro atoms. The molecule has 1 heterocycles. The van der Waals surface area contributed by atoms with Crippen LogP contribution in [0.2, 0.25) is 5.02 Å². The number of furan rings is 1. The van der Waals surface area contributed by atoms with Gasteiger partial charge in [-0.1, -0.05) is 11.6 Å². The predicted octanol–water partition coefficient (Wildman–Crippen LogP) is 3.44. The normalized spacial score (nSPS) is 14.2. The first-order valence-corrected chi connectivity index (χ1v) is 6.85. The Balaban J connectivity index is 1.87. The zero-order valence-electron chi connectivity index (χ0n) is 10.8. The fraction of sp³-hybridized carbons (Fsp3) is 0.267. The van der Waals surface area contributed by atoms with E-state index in [4.69, 9.17) is 16.0 Å². The second kappa shape index (κ2) is 5.21. The first-order chi connectivity index (χ1) is 9.65. The van der Waals surface area contributed by atoms with E-state index in [0.717, 1.165) is 18.6 Å². The molecule has 1 N–H and O–H groups in total. The number of hydrogen-bond acceptors (Lipinski definition) is 3. The third-order valence-corrected chi connectivity index (χ3v) is 3.66. The number of nitrogens with zero attached hydrogens (tertiary/aromatic N) is 1. The van der Waals surface area contributed by atoms with Gasteiger partial charge in [0.25, 0.3) is 5.91 Å². The average molecular weight is 292 g/mol. The number of aromatic hydroxyl groups is 1. The summed E-state index contributed by atoms with van der Waals surface area (Å²) in [6, 6.07) is 8.27. The Morgan fingerprint density at radius 2 is 2.20 bits per heavy atom. The van der Waals surface area contributed by atoms with Gasteiger partial charge in [-0.2, -0.15) is 0 Å². The van der Waals surface area contributed by atoms with Gasteiger partial charge in [-0.25, -0.2) is 0 Å². The Morgan fingerprint density at radius 1 is 1.40 bits per heavy atom. The summed E-state index contributed by atoms with van der Waals surface area (Å²) >= 11 is 6.06. The van der Waals surface area contributed by atoms with Crippen LogP contribution in [0, 0.1) is 0 Å². The summed E-state index contributed by atoms with van der Waals surface area (Å²) < 4.78 is 5.31. The minimum Gasteiger partial charge on any atom is -0.508 e. The van der Waals surface area contributed by atoms with E-state index in [0.29, 0.717) is 17.1 Å². The standard InChI is InChI=1S/C15H14ClNO3/c16-14-6-5-11(18)8-13(14)15(19)17(10-3-4-10)9-12-2-1-7-20-12/h1-2,5-8,10,18H,3-4,9H2. The van der Waals surface area contributed by atoms with Crippen molar-refractivity contribution in [3.8, 4) is 5.75 Å². The van der Waals surface area contributed by atoms with E-state index in [1.54, 1.807) is 17.2 Å². The van der Waals surface area contributed by atoms with Crippen molar-refractivity contribution in [1.29, 1.82) is 0 Å². The van der Waals surface area contributed by atoms with E-state index < -0.39 is 0 Å². The molecule has 0 unspecified atom stereocenters. The van der Waals surface area contributed by atoms with Crippen LogP contribution in [0.5, 0.6) is 5.75 Å². The van der Waals surface area contributed by atoms with Crippen LogP contribution in [-0.4, -0.2) is 22.0 Å². The van der Waals surface area contributed by atoms with Crippen LogP contribution in [0.1, 0.15) is 29.0 Å². The Hall–Kier alpha value is -1.94. The molecule has 1 fully saturated rings. The quantitative estimate of drug-likeness (QED) is 0.939. The van der Waals surface area contributed by atoms with E-state index in [1.807, 2.05) is 6.07 Å². The van der Waals surface area contributed by atoms with Gasteiger partial charge in [-0.05, 0) is 43.2 Å². The molecule has 1 amide bonds. The van der Waals surface area contributed by atoms with Crippen molar-refractivity contribution >= 4 is 17.5 Å². The number of hydrogen-bond donors (Lipinski definition) is 1. The van der Waals surface area contributed by atoms with Gasteiger partial charge in [0.05, 0.1) is 23.4 Å². The highest BCUT2D eigenvalue weighted by Gasteiger charge is 2.34. The maximum absolute atomic E-state index is 12.6. The molecule has 20 heavy (non-hydrogen) atoms. The van der Waals surface area contributed by atoms with Gasteiger partial charge in [0, 0.05) is 6.04 Å². The number of carbonyl (C=O) groups excluding carboxylic acids is 1. The molecule has 0 radical (unpaired) electrons. The van der Waals surface area contributed by atoms with Gasteiger partial charge in [0.15, 0.2) is 0 Å². The second-order valence-electron chi connectivity index (χ2n) is 4.91. The van der Waals surface area contributed by atoms with Crippen LogP contribution in [-0.2, 0) is 6.54 Å². The number of halogens is 1. The largest absolute Gasteiger partial charge is 0.508 e. The lowest BCUT2D eigenvalue weighted by Gasteiger charge is -2.22. The topological polar surface area (TPSA) is 53.7 Å². The van der Waals surface area contributed by atoms with Crippen molar-refractivity contribution in [2.75, 3.05) is 0 Å². The maximum Gasteiger partial charge on any atom is 0.256 e. The summed E-state index contributed by atoms with van der Waals surface area (Å²) in [6.07, 6.45) is 3.57. The van der Waals surface area contributed by atoms with Crippen LogP contribution in [0.4, 0.5) is 0 Å². The number of amides is 1. The predicted molar refractivity (Wildman–Crippen MR) is 74.7 cm³/mol. The van der Waals surface area contributed by atoms with Crippen molar-refractivity contribution in [1.82, 2.24) is 4.90 Å². The molecule has 0 bridgehead atoms. The molecular weight excluding hydrogens is 278 g/mol. The molecule has 0 atom stereocenters. The van der Waals surface area contributed by atoms with E-state index in [1.165, 1.54) is 18.2 Å². The fourth-order valence-corrected chi connectivity index (χ4v) is 2.35. The zero-order valence-corrected chi connectivity index (χ0v) is 11.5. The van der Waals surface area contributed by atoms with Crippen LogP contribution in [0.25, 0.3) is 0 Å². The highest BCUT2D eigenvalue weighted by atomic mass is 35.5. The van der Waals surface area contributed by atoms with Gasteiger partial charge in [0.2, 0.25) is 0 Å². The van der Waals surface area contributed by atoms with E-state index >= 15 is 0 Å². The molecule has 4 nitrogen and oxygen atoms in total. The SMILES string of the molecule is O=C(c1cc(O)ccc1Cl)N(Cc1ccco1)C1CC1. The smallest absolute Gasteiger partial charge is 0.256 e. The Labute approximate surface area is 121 Å². The van der Waals surface area contributed by atoms with Crippen molar-refractivity contribution < 1.29 is 14.3 Å². The van der Waals surface area contributed by atoms with E-state index in [9.17, 15) is 9.90 Å². The van der Waals surface area contributed by atoms with Gasteiger partial charge >= 0.3 is 0 Å². The summed E-state index contributed by atoms with van der Waals surface area (Å²) in [5.74, 6) is 0.595. The van der Waals surface area contributed by atoms with Crippen molar-refractivity contribution in [2.45, 2.75) is 25.4 Å². The minimum atomic E-state index is -0.176. The fourth-order valence-electron chi connectivity index (χ4n) is 2.16. The molecule has 0 saturated heterocycles. The number of phenols is 1. The van der Waals surface area contributed by atoms with Crippen LogP contribution < -0.4 is 0 Å². The maximum atomic E-state index is 12.6. The van der Waals surface area contributed by atoms with Gasteiger partial charge in [0.1, 0.15) is 11.5 Å². The highest BCUT2D eigenvalue weighted by Crippen LogP contribution is 2.32. The molecule has 1 aromatic heterocycles. The minimum absolute atomic E-state index is 0.0338. The molecule has 104 valence electrons. The molecule has 2 aromatic rings. The van der Waals surface area contributed by atoms with Crippen molar-refractivity contribution in [3.63, 3.8) is 0 Å². The second-order valence-corrected chi connectivity index (χ2v) is 5.31. The lowest BCUT2D eigenvalue weighted by Crippen LogP contribution is -2.32. The van der Waals surface area contributed by atoms with Crippen LogP contribution >= 0.6 is 11.6 Å². The molecule has 1 aromatic carbocycles. The molecule has 1 saturated carbocycles. The van der Waals surface area contributed by atoms with Crippen molar-refractivity contribution in [2.24, 2.45) is 0 Å². The zero-order chi connectivity index (χ0) is 14.1. The summed E-state index contributed by atoms with van der Waals surface area (Å²) in [5.41, 5.74) is 0.324. The number of rotatable bonds is 4. The third-order valence-electron chi connectivity index (χ3n) is 3.34. The Kier molecular flexibility index (Phi) is 3.40. The monoisotopic (exact) mass is 291 g/mol. The highest BCUT2D eigenvalue weighted by molar-refractivity contribution is 6.33. The van der Waals surface area contributed by atoms with Gasteiger partial charge < -0.3 is 14.4 Å². The lowest BCUT2D eigenvalue weighted by atomic mass is 10.1. The van der Waals surface area contributed by atoms with Crippen molar-refractivity contribution in [3.05, 3.63) is 52.9 Å². The summed E-state index contributed by atoms with van der Waals surface area (Å²) in [5, 5.41) is 9.88. The van der Waals surface area contributed by atoms with E-state index in [-0.39, 0.29) is 17.7 Å². The van der Waals surface area contributed by atoms with Crippen LogP contribution in [0.15, 0.2) is 41.0 Å². The van der Waals surface area contributed by atoms with Crippen LogP contribution in [0.3, 0.4) is 0 Å². The molecule has 1 aliphatic carbocycles. The lowest BCUT2D eigenvalue weighted by molar-refractivity contribution is 0.0717. The first kappa shape index (κ1) is 13.1. The molecule has 0 aliphatic heterocycles. The number of benzene rings is 1. The first-order valence-electron chi connectivity index (χ1n) is 6.47. The summed E-state index contributed by atoms with van der Waals surface area (Å²) in [4.78, 5) is 14.4. The Morgan fingerprint density at radius 3 is 2.85 bits per heavy atom. The van der Waals surface area contributed by atoms with Gasteiger partial charge in [-0.15, -0.1) is 0 Å². The summed E-state index contributed by atoms with van der Waals surface area (Å²) in [6.45, 7) is 0.419. The van der Waals surface area contributed by atoms with Gasteiger partial charge in [-0.3, -0.25) is 4.79 Å². The molecule has 5 heteroatoms. The number of carbonyl (C=O) groups is 1. The average Bonchev–Trinajstić information content (AvgIpc) is 3.15. The molecule has 3 rings (SSSR count). The summed E-state index contributed by atoms with van der Waals surface area (Å²) in [7, 11) is 0. The molecule has 1 aliphatic rings. The Bertz CT molecular complexity index is 620.